The van der Waals surface area contributed by atoms with E-state index in [2.05, 4.69) is 45.3 Å². The number of hydrogen-bond donors (Lipinski definition) is 2. The molecular weight excluding hydrogens is 216 g/mol. The van der Waals surface area contributed by atoms with Gasteiger partial charge in [-0.15, -0.1) is 0 Å². The van der Waals surface area contributed by atoms with Gasteiger partial charge in [0.05, 0.1) is 0 Å². The molecule has 0 aromatic carbocycles. The lowest BCUT2D eigenvalue weighted by molar-refractivity contribution is 0.0921. The Balaban J connectivity index is 2.57. The summed E-state index contributed by atoms with van der Waals surface area (Å²) in [6.07, 6.45) is 3.72. The molecule has 2 nitrogen and oxygen atoms in total. The van der Waals surface area contributed by atoms with Crippen LogP contribution in [0.4, 0.5) is 0 Å². The summed E-state index contributed by atoms with van der Waals surface area (Å²) in [6, 6.07) is 0.519. The minimum atomic E-state index is 0.418. The van der Waals surface area contributed by atoms with Crippen LogP contribution in [-0.4, -0.2) is 17.7 Å². The molecule has 94 valence electrons. The third-order valence-corrected chi connectivity index (χ3v) is 3.49. The van der Waals surface area contributed by atoms with Gasteiger partial charge in [0.2, 0.25) is 0 Å². The maximum Gasteiger partial charge on any atom is 0.166 e. The molecule has 1 fully saturated rings. The normalized spacial score (nSPS) is 23.8. The Kier molecular flexibility index (Phi) is 4.22. The predicted molar refractivity (Wildman–Crippen MR) is 74.6 cm³/mol. The molecule has 16 heavy (non-hydrogen) atoms. The lowest BCUT2D eigenvalue weighted by Crippen LogP contribution is -2.48. The molecule has 1 aliphatic carbocycles. The van der Waals surface area contributed by atoms with Crippen LogP contribution in [0, 0.1) is 10.8 Å². The van der Waals surface area contributed by atoms with Gasteiger partial charge in [-0.1, -0.05) is 27.7 Å². The second-order valence-electron chi connectivity index (χ2n) is 6.61. The molecule has 0 amide bonds. The van der Waals surface area contributed by atoms with Gasteiger partial charge in [0.1, 0.15) is 0 Å². The third-order valence-electron chi connectivity index (χ3n) is 3.23. The van der Waals surface area contributed by atoms with Crippen molar-refractivity contribution in [3.8, 4) is 0 Å². The number of hydrogen-bond acceptors (Lipinski definition) is 1. The van der Waals surface area contributed by atoms with E-state index in [1.165, 1.54) is 19.3 Å². The molecule has 1 saturated carbocycles. The summed E-state index contributed by atoms with van der Waals surface area (Å²) in [5, 5.41) is 7.43. The number of nitrogens with one attached hydrogen (secondary N) is 2. The molecule has 1 aliphatic rings. The first kappa shape index (κ1) is 13.8. The SMILES string of the molecule is CCNC(=S)NC1CC(C)(C)CC(C)(C)C1. The largest absolute Gasteiger partial charge is 0.363 e. The van der Waals surface area contributed by atoms with Crippen LogP contribution in [0.15, 0.2) is 0 Å². The zero-order chi connectivity index (χ0) is 12.4. The lowest BCUT2D eigenvalue weighted by Gasteiger charge is -2.45. The lowest BCUT2D eigenvalue weighted by atomic mass is 9.63. The van der Waals surface area contributed by atoms with Crippen molar-refractivity contribution in [2.45, 2.75) is 59.9 Å². The van der Waals surface area contributed by atoms with E-state index in [0.717, 1.165) is 11.7 Å². The molecule has 0 aromatic heterocycles. The highest BCUT2D eigenvalue weighted by atomic mass is 32.1. The second-order valence-corrected chi connectivity index (χ2v) is 7.02. The van der Waals surface area contributed by atoms with Crippen molar-refractivity contribution in [2.24, 2.45) is 10.8 Å². The molecule has 1 rings (SSSR count). The van der Waals surface area contributed by atoms with Crippen molar-refractivity contribution >= 4 is 17.3 Å². The molecule has 2 N–H and O–H groups in total. The van der Waals surface area contributed by atoms with E-state index in [0.29, 0.717) is 16.9 Å². The van der Waals surface area contributed by atoms with Crippen LogP contribution < -0.4 is 10.6 Å². The standard InChI is InChI=1S/C13H26N2S/c1-6-14-11(16)15-10-7-12(2,3)9-13(4,5)8-10/h10H,6-9H2,1-5H3,(H2,14,15,16). The summed E-state index contributed by atoms with van der Waals surface area (Å²) in [5.74, 6) is 0. The van der Waals surface area contributed by atoms with E-state index in [1.807, 2.05) is 0 Å². The molecular formula is C13H26N2S. The van der Waals surface area contributed by atoms with Gasteiger partial charge in [0, 0.05) is 12.6 Å². The van der Waals surface area contributed by atoms with Crippen molar-refractivity contribution in [2.75, 3.05) is 6.54 Å². The van der Waals surface area contributed by atoms with Gasteiger partial charge in [0.25, 0.3) is 0 Å². The van der Waals surface area contributed by atoms with Crippen LogP contribution in [0.5, 0.6) is 0 Å². The second kappa shape index (κ2) is 4.91. The van der Waals surface area contributed by atoms with Gasteiger partial charge < -0.3 is 10.6 Å². The summed E-state index contributed by atoms with van der Waals surface area (Å²) in [5.41, 5.74) is 0.836. The van der Waals surface area contributed by atoms with Gasteiger partial charge in [0.15, 0.2) is 5.11 Å². The Morgan fingerprint density at radius 1 is 1.19 bits per heavy atom. The maximum atomic E-state index is 5.26. The third kappa shape index (κ3) is 4.28. The summed E-state index contributed by atoms with van der Waals surface area (Å²) in [7, 11) is 0. The molecule has 0 saturated heterocycles. The summed E-state index contributed by atoms with van der Waals surface area (Å²) < 4.78 is 0. The zero-order valence-electron chi connectivity index (χ0n) is 11.3. The highest BCUT2D eigenvalue weighted by molar-refractivity contribution is 7.80. The van der Waals surface area contributed by atoms with E-state index < -0.39 is 0 Å². The number of rotatable bonds is 2. The molecule has 0 heterocycles. The van der Waals surface area contributed by atoms with Crippen molar-refractivity contribution in [3.05, 3.63) is 0 Å². The average molecular weight is 242 g/mol. The van der Waals surface area contributed by atoms with Crippen molar-refractivity contribution < 1.29 is 0 Å². The predicted octanol–water partition coefficient (Wildman–Crippen LogP) is 3.08. The smallest absolute Gasteiger partial charge is 0.166 e. The summed E-state index contributed by atoms with van der Waals surface area (Å²) in [6.45, 7) is 12.4. The minimum absolute atomic E-state index is 0.418. The fourth-order valence-electron chi connectivity index (χ4n) is 3.35. The first-order chi connectivity index (χ1) is 7.24. The van der Waals surface area contributed by atoms with E-state index in [-0.39, 0.29) is 0 Å². The van der Waals surface area contributed by atoms with Crippen molar-refractivity contribution in [3.63, 3.8) is 0 Å². The monoisotopic (exact) mass is 242 g/mol. The fraction of sp³-hybridized carbons (Fsp3) is 0.923. The highest BCUT2D eigenvalue weighted by Gasteiger charge is 2.38. The Morgan fingerprint density at radius 2 is 1.69 bits per heavy atom. The maximum absolute atomic E-state index is 5.26. The van der Waals surface area contributed by atoms with Crippen LogP contribution in [0.2, 0.25) is 0 Å². The zero-order valence-corrected chi connectivity index (χ0v) is 12.1. The van der Waals surface area contributed by atoms with Crippen molar-refractivity contribution in [1.82, 2.24) is 10.6 Å². The Morgan fingerprint density at radius 3 is 2.12 bits per heavy atom. The first-order valence-corrected chi connectivity index (χ1v) is 6.69. The molecule has 0 aromatic rings. The van der Waals surface area contributed by atoms with E-state index in [1.54, 1.807) is 0 Å². The van der Waals surface area contributed by atoms with Gasteiger partial charge in [-0.2, -0.15) is 0 Å². The molecule has 0 unspecified atom stereocenters. The van der Waals surface area contributed by atoms with Gasteiger partial charge in [-0.25, -0.2) is 0 Å². The average Bonchev–Trinajstić information content (AvgIpc) is 1.96. The molecule has 0 spiro atoms. The molecule has 0 aliphatic heterocycles. The van der Waals surface area contributed by atoms with Crippen molar-refractivity contribution in [1.29, 1.82) is 0 Å². The Hall–Kier alpha value is -0.310. The highest BCUT2D eigenvalue weighted by Crippen LogP contribution is 2.45. The molecule has 0 radical (unpaired) electrons. The van der Waals surface area contributed by atoms with E-state index in [4.69, 9.17) is 12.2 Å². The van der Waals surface area contributed by atoms with Gasteiger partial charge >= 0.3 is 0 Å². The fourth-order valence-corrected chi connectivity index (χ4v) is 3.66. The van der Waals surface area contributed by atoms with E-state index >= 15 is 0 Å². The molecule has 0 atom stereocenters. The molecule has 0 bridgehead atoms. The van der Waals surface area contributed by atoms with E-state index in [9.17, 15) is 0 Å². The van der Waals surface area contributed by atoms with Crippen LogP contribution in [-0.2, 0) is 0 Å². The van der Waals surface area contributed by atoms with Crippen LogP contribution in [0.25, 0.3) is 0 Å². The Bertz CT molecular complexity index is 243. The summed E-state index contributed by atoms with van der Waals surface area (Å²) in [4.78, 5) is 0. The first-order valence-electron chi connectivity index (χ1n) is 6.28. The molecule has 3 heteroatoms. The van der Waals surface area contributed by atoms with Crippen LogP contribution >= 0.6 is 12.2 Å². The van der Waals surface area contributed by atoms with Crippen LogP contribution in [0.3, 0.4) is 0 Å². The Labute approximate surface area is 106 Å². The van der Waals surface area contributed by atoms with Gasteiger partial charge in [-0.3, -0.25) is 0 Å². The van der Waals surface area contributed by atoms with Crippen LogP contribution in [0.1, 0.15) is 53.9 Å². The summed E-state index contributed by atoms with van der Waals surface area (Å²) >= 11 is 5.26. The van der Waals surface area contributed by atoms with Gasteiger partial charge in [-0.05, 0) is 49.2 Å². The number of thiocarbonyl (C=S) groups is 1. The topological polar surface area (TPSA) is 24.1 Å². The minimum Gasteiger partial charge on any atom is -0.363 e. The quantitative estimate of drug-likeness (QED) is 0.728.